The van der Waals surface area contributed by atoms with Crippen LogP contribution in [0.4, 0.5) is 4.39 Å². The Hall–Kier alpha value is -2.60. The van der Waals surface area contributed by atoms with Gasteiger partial charge in [0.1, 0.15) is 5.82 Å². The quantitative estimate of drug-likeness (QED) is 0.686. The standard InChI is InChI=1S/C21H18BrFO4/c1-11-15(6-12-7-18(22)21(27-3)19(8-12)26-2)14-5-4-13(23)9-17(14)16(11)10-20(24)25/h4-9H,10H2,1-3H3,(H,24,25)/b15-6+. The molecule has 0 bridgehead atoms. The molecule has 3 rings (SSSR count). The van der Waals surface area contributed by atoms with Crippen LogP contribution in [-0.4, -0.2) is 25.3 Å². The number of rotatable bonds is 5. The van der Waals surface area contributed by atoms with E-state index in [0.29, 0.717) is 22.6 Å². The van der Waals surface area contributed by atoms with Gasteiger partial charge < -0.3 is 14.6 Å². The number of aliphatic carboxylic acids is 1. The fourth-order valence-electron chi connectivity index (χ4n) is 3.32. The van der Waals surface area contributed by atoms with Gasteiger partial charge in [0, 0.05) is 0 Å². The molecule has 0 unspecified atom stereocenters. The Bertz CT molecular complexity index is 992. The van der Waals surface area contributed by atoms with Gasteiger partial charge in [-0.15, -0.1) is 0 Å². The highest BCUT2D eigenvalue weighted by Gasteiger charge is 2.25. The largest absolute Gasteiger partial charge is 0.493 e. The van der Waals surface area contributed by atoms with Crippen molar-refractivity contribution in [2.75, 3.05) is 14.2 Å². The van der Waals surface area contributed by atoms with E-state index in [9.17, 15) is 14.3 Å². The molecule has 0 atom stereocenters. The fourth-order valence-corrected chi connectivity index (χ4v) is 3.94. The third-order valence-electron chi connectivity index (χ3n) is 4.55. The summed E-state index contributed by atoms with van der Waals surface area (Å²) in [4.78, 5) is 11.3. The topological polar surface area (TPSA) is 55.8 Å². The minimum Gasteiger partial charge on any atom is -0.493 e. The monoisotopic (exact) mass is 432 g/mol. The predicted octanol–water partition coefficient (Wildman–Crippen LogP) is 5.41. The zero-order chi connectivity index (χ0) is 19.7. The molecule has 6 heteroatoms. The maximum absolute atomic E-state index is 13.8. The van der Waals surface area contributed by atoms with Crippen LogP contribution in [0.5, 0.6) is 11.5 Å². The molecule has 0 aromatic heterocycles. The highest BCUT2D eigenvalue weighted by molar-refractivity contribution is 9.10. The number of halogens is 2. The van der Waals surface area contributed by atoms with Crippen molar-refractivity contribution in [2.45, 2.75) is 13.3 Å². The van der Waals surface area contributed by atoms with E-state index < -0.39 is 5.97 Å². The summed E-state index contributed by atoms with van der Waals surface area (Å²) in [6, 6.07) is 8.18. The SMILES string of the molecule is COc1cc(/C=C2\C(C)=C(CC(=O)O)c3cc(F)ccc32)cc(Br)c1OC. The lowest BCUT2D eigenvalue weighted by molar-refractivity contribution is -0.135. The summed E-state index contributed by atoms with van der Waals surface area (Å²) in [6.45, 7) is 1.86. The average Bonchev–Trinajstić information content (AvgIpc) is 2.86. The van der Waals surface area contributed by atoms with Crippen molar-refractivity contribution in [2.24, 2.45) is 0 Å². The van der Waals surface area contributed by atoms with Gasteiger partial charge in [0.05, 0.1) is 25.1 Å². The van der Waals surface area contributed by atoms with E-state index in [4.69, 9.17) is 9.47 Å². The highest BCUT2D eigenvalue weighted by Crippen LogP contribution is 2.45. The third-order valence-corrected chi connectivity index (χ3v) is 5.14. The maximum atomic E-state index is 13.8. The lowest BCUT2D eigenvalue weighted by atomic mass is 10.0. The Morgan fingerprint density at radius 2 is 1.93 bits per heavy atom. The summed E-state index contributed by atoms with van der Waals surface area (Å²) in [7, 11) is 3.12. The molecule has 140 valence electrons. The zero-order valence-corrected chi connectivity index (χ0v) is 16.7. The minimum atomic E-state index is -0.949. The van der Waals surface area contributed by atoms with Gasteiger partial charge in [-0.05, 0) is 86.6 Å². The molecule has 0 spiro atoms. The summed E-state index contributed by atoms with van der Waals surface area (Å²) in [5, 5.41) is 9.24. The molecule has 27 heavy (non-hydrogen) atoms. The van der Waals surface area contributed by atoms with Crippen LogP contribution in [-0.2, 0) is 4.79 Å². The molecular formula is C21H18BrFO4. The van der Waals surface area contributed by atoms with Gasteiger partial charge in [0.2, 0.25) is 0 Å². The molecule has 1 aliphatic rings. The van der Waals surface area contributed by atoms with Crippen molar-refractivity contribution in [3.05, 3.63) is 62.9 Å². The van der Waals surface area contributed by atoms with E-state index in [1.807, 2.05) is 25.1 Å². The zero-order valence-electron chi connectivity index (χ0n) is 15.1. The molecule has 1 N–H and O–H groups in total. The molecule has 0 aliphatic heterocycles. The molecule has 1 aliphatic carbocycles. The molecule has 0 saturated carbocycles. The van der Waals surface area contributed by atoms with Crippen LogP contribution in [0, 0.1) is 5.82 Å². The molecule has 0 heterocycles. The summed E-state index contributed by atoms with van der Waals surface area (Å²) < 4.78 is 25.2. The van der Waals surface area contributed by atoms with Gasteiger partial charge in [-0.2, -0.15) is 0 Å². The molecular weight excluding hydrogens is 415 g/mol. The number of carboxylic acids is 1. The number of benzene rings is 2. The summed E-state index contributed by atoms with van der Waals surface area (Å²) in [5.41, 5.74) is 4.60. The average molecular weight is 433 g/mol. The van der Waals surface area contributed by atoms with Crippen molar-refractivity contribution in [1.82, 2.24) is 0 Å². The number of carbonyl (C=O) groups is 1. The Morgan fingerprint density at radius 1 is 1.19 bits per heavy atom. The van der Waals surface area contributed by atoms with Crippen molar-refractivity contribution in [3.8, 4) is 11.5 Å². The van der Waals surface area contributed by atoms with Crippen molar-refractivity contribution < 1.29 is 23.8 Å². The lowest BCUT2D eigenvalue weighted by Crippen LogP contribution is -1.97. The highest BCUT2D eigenvalue weighted by atomic mass is 79.9. The van der Waals surface area contributed by atoms with Crippen LogP contribution in [0.1, 0.15) is 30.0 Å². The van der Waals surface area contributed by atoms with E-state index in [1.165, 1.54) is 12.1 Å². The first-order chi connectivity index (χ1) is 12.8. The molecule has 2 aromatic rings. The van der Waals surface area contributed by atoms with Crippen LogP contribution in [0.2, 0.25) is 0 Å². The summed E-state index contributed by atoms with van der Waals surface area (Å²) in [5.74, 6) is -0.176. The van der Waals surface area contributed by atoms with Crippen LogP contribution in [0.25, 0.3) is 17.2 Å². The van der Waals surface area contributed by atoms with Crippen molar-refractivity contribution in [3.63, 3.8) is 0 Å². The second-order valence-corrected chi connectivity index (χ2v) is 7.01. The Kier molecular flexibility index (Phi) is 5.37. The van der Waals surface area contributed by atoms with Gasteiger partial charge in [-0.1, -0.05) is 6.07 Å². The van der Waals surface area contributed by atoms with E-state index in [2.05, 4.69) is 15.9 Å². The number of carboxylic acid groups (broad SMARTS) is 1. The van der Waals surface area contributed by atoms with Crippen molar-refractivity contribution >= 4 is 39.1 Å². The second-order valence-electron chi connectivity index (χ2n) is 6.16. The molecule has 0 amide bonds. The molecule has 0 fully saturated rings. The number of allylic oxidation sites excluding steroid dienone is 2. The van der Waals surface area contributed by atoms with Crippen LogP contribution in [0.3, 0.4) is 0 Å². The van der Waals surface area contributed by atoms with Gasteiger partial charge in [0.15, 0.2) is 11.5 Å². The van der Waals surface area contributed by atoms with E-state index >= 15 is 0 Å². The first-order valence-corrected chi connectivity index (χ1v) is 9.00. The first kappa shape index (κ1) is 19.2. The molecule has 0 radical (unpaired) electrons. The van der Waals surface area contributed by atoms with E-state index in [1.54, 1.807) is 20.3 Å². The number of methoxy groups -OCH3 is 2. The van der Waals surface area contributed by atoms with Gasteiger partial charge in [-0.25, -0.2) is 4.39 Å². The van der Waals surface area contributed by atoms with Gasteiger partial charge >= 0.3 is 5.97 Å². The second kappa shape index (κ2) is 7.56. The Balaban J connectivity index is 2.18. The lowest BCUT2D eigenvalue weighted by Gasteiger charge is -2.11. The third kappa shape index (κ3) is 3.62. The number of fused-ring (bicyclic) bond motifs is 1. The minimum absolute atomic E-state index is 0.157. The summed E-state index contributed by atoms with van der Waals surface area (Å²) in [6.07, 6.45) is 1.78. The normalized spacial score (nSPS) is 14.5. The molecule has 2 aromatic carbocycles. The number of hydrogen-bond donors (Lipinski definition) is 1. The van der Waals surface area contributed by atoms with Gasteiger partial charge in [-0.3, -0.25) is 4.79 Å². The predicted molar refractivity (Wildman–Crippen MR) is 106 cm³/mol. The smallest absolute Gasteiger partial charge is 0.307 e. The van der Waals surface area contributed by atoms with Crippen LogP contribution in [0.15, 0.2) is 40.4 Å². The van der Waals surface area contributed by atoms with E-state index in [0.717, 1.165) is 26.7 Å². The molecule has 4 nitrogen and oxygen atoms in total. The van der Waals surface area contributed by atoms with Crippen LogP contribution >= 0.6 is 15.9 Å². The maximum Gasteiger partial charge on any atom is 0.307 e. The first-order valence-electron chi connectivity index (χ1n) is 8.21. The number of ether oxygens (including phenoxy) is 2. The van der Waals surface area contributed by atoms with E-state index in [-0.39, 0.29) is 12.2 Å². The van der Waals surface area contributed by atoms with Gasteiger partial charge in [0.25, 0.3) is 0 Å². The van der Waals surface area contributed by atoms with Crippen LogP contribution < -0.4 is 9.47 Å². The Labute approximate surface area is 165 Å². The fraction of sp³-hybridized carbons (Fsp3) is 0.190. The molecule has 0 saturated heterocycles. The Morgan fingerprint density at radius 3 is 2.56 bits per heavy atom. The summed E-state index contributed by atoms with van der Waals surface area (Å²) >= 11 is 3.48. The number of hydrogen-bond acceptors (Lipinski definition) is 3. The van der Waals surface area contributed by atoms with Crippen molar-refractivity contribution in [1.29, 1.82) is 0 Å².